The van der Waals surface area contributed by atoms with Crippen molar-refractivity contribution in [2.75, 3.05) is 19.7 Å². The molecule has 3 rings (SSSR count). The molecule has 1 aliphatic rings. The molecule has 1 unspecified atom stereocenters. The van der Waals surface area contributed by atoms with Gasteiger partial charge in [0.2, 0.25) is 5.88 Å². The van der Waals surface area contributed by atoms with Gasteiger partial charge in [-0.15, -0.1) is 0 Å². The summed E-state index contributed by atoms with van der Waals surface area (Å²) in [5, 5.41) is 0. The molecule has 0 amide bonds. The maximum absolute atomic E-state index is 5.71. The number of aromatic nitrogens is 2. The van der Waals surface area contributed by atoms with E-state index >= 15 is 0 Å². The second-order valence-corrected chi connectivity index (χ2v) is 5.67. The SMILES string of the molecule is Cc1ccccc1CN1CCC(COc2cnccn2)C1. The Bertz CT molecular complexity index is 573. The smallest absolute Gasteiger partial charge is 0.232 e. The van der Waals surface area contributed by atoms with Crippen molar-refractivity contribution in [3.8, 4) is 5.88 Å². The van der Waals surface area contributed by atoms with E-state index in [1.54, 1.807) is 18.6 Å². The van der Waals surface area contributed by atoms with E-state index in [4.69, 9.17) is 4.74 Å². The van der Waals surface area contributed by atoms with Crippen molar-refractivity contribution < 1.29 is 4.74 Å². The lowest BCUT2D eigenvalue weighted by atomic mass is 10.1. The summed E-state index contributed by atoms with van der Waals surface area (Å²) < 4.78 is 5.71. The highest BCUT2D eigenvalue weighted by Gasteiger charge is 2.23. The summed E-state index contributed by atoms with van der Waals surface area (Å²) >= 11 is 0. The molecule has 0 saturated carbocycles. The first kappa shape index (κ1) is 14.0. The topological polar surface area (TPSA) is 38.2 Å². The summed E-state index contributed by atoms with van der Waals surface area (Å²) in [5.74, 6) is 1.20. The normalized spacial score (nSPS) is 18.8. The Morgan fingerprint density at radius 2 is 2.19 bits per heavy atom. The van der Waals surface area contributed by atoms with Crippen LogP contribution in [0.5, 0.6) is 5.88 Å². The first-order valence-corrected chi connectivity index (χ1v) is 7.47. The molecule has 2 heterocycles. The molecule has 21 heavy (non-hydrogen) atoms. The standard InChI is InChI=1S/C17H21N3O/c1-14-4-2-3-5-16(14)12-20-9-6-15(11-20)13-21-17-10-18-7-8-19-17/h2-5,7-8,10,15H,6,9,11-13H2,1H3. The van der Waals surface area contributed by atoms with Gasteiger partial charge < -0.3 is 4.74 Å². The second kappa shape index (κ2) is 6.68. The summed E-state index contributed by atoms with van der Waals surface area (Å²) in [6.07, 6.45) is 6.17. The van der Waals surface area contributed by atoms with Crippen LogP contribution < -0.4 is 4.74 Å². The largest absolute Gasteiger partial charge is 0.476 e. The van der Waals surface area contributed by atoms with Crippen LogP contribution in [0.4, 0.5) is 0 Å². The molecule has 4 nitrogen and oxygen atoms in total. The third kappa shape index (κ3) is 3.79. The van der Waals surface area contributed by atoms with Crippen molar-refractivity contribution in [1.82, 2.24) is 14.9 Å². The molecule has 0 bridgehead atoms. The van der Waals surface area contributed by atoms with Crippen LogP contribution in [0.15, 0.2) is 42.9 Å². The van der Waals surface area contributed by atoms with Gasteiger partial charge in [-0.2, -0.15) is 0 Å². The molecule has 0 N–H and O–H groups in total. The van der Waals surface area contributed by atoms with E-state index in [1.165, 1.54) is 17.5 Å². The van der Waals surface area contributed by atoms with Crippen molar-refractivity contribution in [3.05, 3.63) is 54.0 Å². The number of rotatable bonds is 5. The molecule has 110 valence electrons. The van der Waals surface area contributed by atoms with E-state index in [-0.39, 0.29) is 0 Å². The molecule has 1 atom stereocenters. The summed E-state index contributed by atoms with van der Waals surface area (Å²) in [5.41, 5.74) is 2.80. The lowest BCUT2D eigenvalue weighted by Gasteiger charge is -2.17. The molecule has 0 radical (unpaired) electrons. The number of likely N-dealkylation sites (tertiary alicyclic amines) is 1. The van der Waals surface area contributed by atoms with Crippen molar-refractivity contribution in [3.63, 3.8) is 0 Å². The molecular formula is C17H21N3O. The van der Waals surface area contributed by atoms with Gasteiger partial charge in [-0.1, -0.05) is 24.3 Å². The maximum atomic E-state index is 5.71. The molecule has 4 heteroatoms. The van der Waals surface area contributed by atoms with Gasteiger partial charge >= 0.3 is 0 Å². The van der Waals surface area contributed by atoms with Crippen LogP contribution in [0.2, 0.25) is 0 Å². The van der Waals surface area contributed by atoms with Crippen LogP contribution in [0, 0.1) is 12.8 Å². The highest BCUT2D eigenvalue weighted by molar-refractivity contribution is 5.25. The first-order valence-electron chi connectivity index (χ1n) is 7.47. The van der Waals surface area contributed by atoms with Gasteiger partial charge in [-0.3, -0.25) is 9.88 Å². The van der Waals surface area contributed by atoms with Gasteiger partial charge in [0.05, 0.1) is 12.8 Å². The third-order valence-corrected chi connectivity index (χ3v) is 4.03. The molecule has 0 spiro atoms. The fourth-order valence-electron chi connectivity index (χ4n) is 2.78. The maximum Gasteiger partial charge on any atom is 0.232 e. The minimum atomic E-state index is 0.580. The van der Waals surface area contributed by atoms with Gasteiger partial charge in [0.25, 0.3) is 0 Å². The fourth-order valence-corrected chi connectivity index (χ4v) is 2.78. The Morgan fingerprint density at radius 1 is 1.29 bits per heavy atom. The summed E-state index contributed by atoms with van der Waals surface area (Å²) in [4.78, 5) is 10.7. The van der Waals surface area contributed by atoms with Crippen LogP contribution >= 0.6 is 0 Å². The van der Waals surface area contributed by atoms with E-state index < -0.39 is 0 Å². The summed E-state index contributed by atoms with van der Waals surface area (Å²) in [6, 6.07) is 8.62. The quantitative estimate of drug-likeness (QED) is 0.845. The van der Waals surface area contributed by atoms with Crippen molar-refractivity contribution in [2.24, 2.45) is 5.92 Å². The number of aryl methyl sites for hydroxylation is 1. The van der Waals surface area contributed by atoms with Gasteiger partial charge in [0, 0.05) is 31.4 Å². The van der Waals surface area contributed by atoms with Crippen LogP contribution in [-0.2, 0) is 6.54 Å². The number of hydrogen-bond donors (Lipinski definition) is 0. The number of nitrogens with zero attached hydrogens (tertiary/aromatic N) is 3. The first-order chi connectivity index (χ1) is 10.3. The third-order valence-electron chi connectivity index (χ3n) is 4.03. The number of benzene rings is 1. The zero-order valence-corrected chi connectivity index (χ0v) is 12.4. The number of ether oxygens (including phenoxy) is 1. The number of hydrogen-bond acceptors (Lipinski definition) is 4. The summed E-state index contributed by atoms with van der Waals surface area (Å²) in [6.45, 7) is 6.18. The van der Waals surface area contributed by atoms with Crippen LogP contribution in [0.1, 0.15) is 17.5 Å². The van der Waals surface area contributed by atoms with Crippen LogP contribution in [0.3, 0.4) is 0 Å². The minimum Gasteiger partial charge on any atom is -0.476 e. The Kier molecular flexibility index (Phi) is 4.46. The van der Waals surface area contributed by atoms with E-state index in [0.29, 0.717) is 11.8 Å². The van der Waals surface area contributed by atoms with Crippen molar-refractivity contribution in [1.29, 1.82) is 0 Å². The van der Waals surface area contributed by atoms with Gasteiger partial charge in [-0.25, -0.2) is 4.98 Å². The average Bonchev–Trinajstić information content (AvgIpc) is 2.96. The zero-order valence-electron chi connectivity index (χ0n) is 12.4. The van der Waals surface area contributed by atoms with Gasteiger partial charge in [0.15, 0.2) is 0 Å². The fraction of sp³-hybridized carbons (Fsp3) is 0.412. The molecule has 2 aromatic rings. The molecule has 0 aliphatic carbocycles. The Labute approximate surface area is 125 Å². The van der Waals surface area contributed by atoms with Gasteiger partial charge in [-0.05, 0) is 31.0 Å². The average molecular weight is 283 g/mol. The molecule has 1 aromatic carbocycles. The summed E-state index contributed by atoms with van der Waals surface area (Å²) in [7, 11) is 0. The van der Waals surface area contributed by atoms with Crippen LogP contribution in [0.25, 0.3) is 0 Å². The van der Waals surface area contributed by atoms with Crippen molar-refractivity contribution >= 4 is 0 Å². The van der Waals surface area contributed by atoms with Crippen molar-refractivity contribution in [2.45, 2.75) is 19.9 Å². The van der Waals surface area contributed by atoms with E-state index in [1.807, 2.05) is 0 Å². The molecular weight excluding hydrogens is 262 g/mol. The second-order valence-electron chi connectivity index (χ2n) is 5.67. The lowest BCUT2D eigenvalue weighted by molar-refractivity contribution is 0.231. The molecule has 1 aliphatic heterocycles. The minimum absolute atomic E-state index is 0.580. The van der Waals surface area contributed by atoms with Gasteiger partial charge in [0.1, 0.15) is 0 Å². The zero-order chi connectivity index (χ0) is 14.5. The Balaban J connectivity index is 1.48. The molecule has 1 fully saturated rings. The Hall–Kier alpha value is -1.94. The molecule has 1 aromatic heterocycles. The van der Waals surface area contributed by atoms with E-state index in [2.05, 4.69) is 46.1 Å². The Morgan fingerprint density at radius 3 is 3.00 bits per heavy atom. The highest BCUT2D eigenvalue weighted by Crippen LogP contribution is 2.20. The van der Waals surface area contributed by atoms with Crippen LogP contribution in [-0.4, -0.2) is 34.6 Å². The highest BCUT2D eigenvalue weighted by atomic mass is 16.5. The van der Waals surface area contributed by atoms with E-state index in [0.717, 1.165) is 26.2 Å². The lowest BCUT2D eigenvalue weighted by Crippen LogP contribution is -2.22. The predicted molar refractivity (Wildman–Crippen MR) is 82.1 cm³/mol. The molecule has 1 saturated heterocycles. The van der Waals surface area contributed by atoms with E-state index in [9.17, 15) is 0 Å². The predicted octanol–water partition coefficient (Wildman–Crippen LogP) is 2.69. The monoisotopic (exact) mass is 283 g/mol.